The topological polar surface area (TPSA) is 29.1 Å². The summed E-state index contributed by atoms with van der Waals surface area (Å²) in [6.45, 7) is 3.65. The normalized spacial score (nSPS) is 13.0. The molecule has 0 bridgehead atoms. The van der Waals surface area contributed by atoms with E-state index in [0.29, 0.717) is 0 Å². The standard InChI is InChI=1S/C13H17NOS2/c1-2-17(15)8-7-14-9-11-10-16-13-6-4-3-5-12(11)13/h3-6,10,14H,2,7-9H2,1H3. The fourth-order valence-electron chi connectivity index (χ4n) is 1.72. The molecule has 0 saturated heterocycles. The van der Waals surface area contributed by atoms with E-state index in [-0.39, 0.29) is 0 Å². The minimum Gasteiger partial charge on any atom is -0.312 e. The van der Waals surface area contributed by atoms with E-state index in [1.807, 2.05) is 6.92 Å². The number of rotatable bonds is 6. The molecule has 92 valence electrons. The number of benzene rings is 1. The number of hydrogen-bond acceptors (Lipinski definition) is 3. The Kier molecular flexibility index (Phi) is 4.71. The van der Waals surface area contributed by atoms with Crippen LogP contribution in [0.2, 0.25) is 0 Å². The van der Waals surface area contributed by atoms with Crippen LogP contribution in [-0.4, -0.2) is 22.3 Å². The average molecular weight is 267 g/mol. The zero-order valence-electron chi connectivity index (χ0n) is 9.94. The van der Waals surface area contributed by atoms with Crippen LogP contribution in [0.25, 0.3) is 10.1 Å². The minimum atomic E-state index is -0.662. The zero-order chi connectivity index (χ0) is 12.1. The summed E-state index contributed by atoms with van der Waals surface area (Å²) in [5, 5.41) is 6.90. The Morgan fingerprint density at radius 3 is 3.00 bits per heavy atom. The number of hydrogen-bond donors (Lipinski definition) is 1. The second-order valence-electron chi connectivity index (χ2n) is 3.87. The van der Waals surface area contributed by atoms with E-state index in [9.17, 15) is 4.21 Å². The van der Waals surface area contributed by atoms with Gasteiger partial charge in [-0.2, -0.15) is 0 Å². The van der Waals surface area contributed by atoms with Crippen molar-refractivity contribution in [1.29, 1.82) is 0 Å². The maximum Gasteiger partial charge on any atom is 0.0360 e. The first kappa shape index (κ1) is 12.7. The predicted molar refractivity (Wildman–Crippen MR) is 77.1 cm³/mol. The van der Waals surface area contributed by atoms with Crippen LogP contribution >= 0.6 is 11.3 Å². The highest BCUT2D eigenvalue weighted by atomic mass is 32.2. The molecule has 0 aliphatic carbocycles. The first-order chi connectivity index (χ1) is 8.31. The lowest BCUT2D eigenvalue weighted by atomic mass is 10.2. The highest BCUT2D eigenvalue weighted by Gasteiger charge is 2.02. The molecule has 0 spiro atoms. The van der Waals surface area contributed by atoms with Crippen LogP contribution in [-0.2, 0) is 17.3 Å². The summed E-state index contributed by atoms with van der Waals surface area (Å²) in [6.07, 6.45) is 0. The molecule has 1 atom stereocenters. The molecule has 0 radical (unpaired) electrons. The molecule has 2 nitrogen and oxygen atoms in total. The monoisotopic (exact) mass is 267 g/mol. The summed E-state index contributed by atoms with van der Waals surface area (Å²) in [7, 11) is -0.662. The van der Waals surface area contributed by atoms with Gasteiger partial charge in [-0.15, -0.1) is 11.3 Å². The van der Waals surface area contributed by atoms with Crippen molar-refractivity contribution in [2.45, 2.75) is 13.5 Å². The van der Waals surface area contributed by atoms with Crippen molar-refractivity contribution in [2.24, 2.45) is 0 Å². The van der Waals surface area contributed by atoms with Gasteiger partial charge in [-0.3, -0.25) is 4.21 Å². The van der Waals surface area contributed by atoms with Crippen molar-refractivity contribution in [3.63, 3.8) is 0 Å². The summed E-state index contributed by atoms with van der Waals surface area (Å²) < 4.78 is 12.6. The molecular weight excluding hydrogens is 250 g/mol. The molecule has 0 aliphatic rings. The van der Waals surface area contributed by atoms with E-state index in [1.165, 1.54) is 15.6 Å². The third kappa shape index (κ3) is 3.37. The van der Waals surface area contributed by atoms with Crippen molar-refractivity contribution in [1.82, 2.24) is 5.32 Å². The van der Waals surface area contributed by atoms with Crippen LogP contribution in [0.15, 0.2) is 29.6 Å². The Hall–Kier alpha value is -0.710. The third-order valence-corrected chi connectivity index (χ3v) is 5.02. The van der Waals surface area contributed by atoms with Crippen LogP contribution in [0.1, 0.15) is 12.5 Å². The van der Waals surface area contributed by atoms with Gasteiger partial charge >= 0.3 is 0 Å². The van der Waals surface area contributed by atoms with Crippen molar-refractivity contribution >= 4 is 32.2 Å². The van der Waals surface area contributed by atoms with Crippen LogP contribution in [0, 0.1) is 0 Å². The number of nitrogens with one attached hydrogen (secondary N) is 1. The van der Waals surface area contributed by atoms with Gasteiger partial charge in [0, 0.05) is 40.1 Å². The number of thiophene rings is 1. The summed E-state index contributed by atoms with van der Waals surface area (Å²) in [6, 6.07) is 8.45. The van der Waals surface area contributed by atoms with E-state index in [0.717, 1.165) is 24.6 Å². The largest absolute Gasteiger partial charge is 0.312 e. The maximum absolute atomic E-state index is 11.3. The predicted octanol–water partition coefficient (Wildman–Crippen LogP) is 2.76. The molecule has 1 aromatic carbocycles. The Balaban J connectivity index is 1.89. The van der Waals surface area contributed by atoms with Gasteiger partial charge in [0.25, 0.3) is 0 Å². The summed E-state index contributed by atoms with van der Waals surface area (Å²) in [5.74, 6) is 1.50. The molecule has 17 heavy (non-hydrogen) atoms. The van der Waals surface area contributed by atoms with Crippen LogP contribution < -0.4 is 5.32 Å². The molecule has 0 saturated carbocycles. The lowest BCUT2D eigenvalue weighted by Crippen LogP contribution is -2.20. The molecule has 2 aromatic rings. The zero-order valence-corrected chi connectivity index (χ0v) is 11.6. The van der Waals surface area contributed by atoms with Crippen LogP contribution in [0.3, 0.4) is 0 Å². The Morgan fingerprint density at radius 2 is 2.18 bits per heavy atom. The molecular formula is C13H17NOS2. The highest BCUT2D eigenvalue weighted by Crippen LogP contribution is 2.25. The summed E-state index contributed by atoms with van der Waals surface area (Å²) >= 11 is 1.78. The van der Waals surface area contributed by atoms with Gasteiger partial charge in [-0.05, 0) is 22.4 Å². The summed E-state index contributed by atoms with van der Waals surface area (Å²) in [4.78, 5) is 0. The first-order valence-electron chi connectivity index (χ1n) is 5.82. The third-order valence-electron chi connectivity index (χ3n) is 2.71. The van der Waals surface area contributed by atoms with Crippen molar-refractivity contribution in [3.05, 3.63) is 35.2 Å². The van der Waals surface area contributed by atoms with E-state index >= 15 is 0 Å². The average Bonchev–Trinajstić information content (AvgIpc) is 2.78. The lowest BCUT2D eigenvalue weighted by molar-refractivity contribution is 0.674. The minimum absolute atomic E-state index is 0.662. The molecule has 1 aromatic heterocycles. The van der Waals surface area contributed by atoms with Gasteiger partial charge in [0.05, 0.1) is 0 Å². The molecule has 0 fully saturated rings. The second kappa shape index (κ2) is 6.28. The molecule has 0 amide bonds. The van der Waals surface area contributed by atoms with Gasteiger partial charge in [-0.25, -0.2) is 0 Å². The van der Waals surface area contributed by atoms with Gasteiger partial charge < -0.3 is 5.32 Å². The van der Waals surface area contributed by atoms with Gasteiger partial charge in [0.2, 0.25) is 0 Å². The fourth-order valence-corrected chi connectivity index (χ4v) is 3.35. The quantitative estimate of drug-likeness (QED) is 0.815. The highest BCUT2D eigenvalue weighted by molar-refractivity contribution is 7.84. The first-order valence-corrected chi connectivity index (χ1v) is 8.19. The molecule has 2 rings (SSSR count). The molecule has 1 heterocycles. The van der Waals surface area contributed by atoms with E-state index in [1.54, 1.807) is 11.3 Å². The van der Waals surface area contributed by atoms with Crippen molar-refractivity contribution in [3.8, 4) is 0 Å². The molecule has 0 aliphatic heterocycles. The lowest BCUT2D eigenvalue weighted by Gasteiger charge is -2.03. The molecule has 1 unspecified atom stereocenters. The maximum atomic E-state index is 11.3. The van der Waals surface area contributed by atoms with Gasteiger partial charge in [0.1, 0.15) is 0 Å². The number of fused-ring (bicyclic) bond motifs is 1. The van der Waals surface area contributed by atoms with E-state index in [2.05, 4.69) is 35.0 Å². The van der Waals surface area contributed by atoms with Crippen LogP contribution in [0.5, 0.6) is 0 Å². The van der Waals surface area contributed by atoms with Crippen molar-refractivity contribution < 1.29 is 4.21 Å². The second-order valence-corrected chi connectivity index (χ2v) is 6.64. The molecule has 1 N–H and O–H groups in total. The van der Waals surface area contributed by atoms with Gasteiger partial charge in [0.15, 0.2) is 0 Å². The Bertz CT molecular complexity index is 507. The van der Waals surface area contributed by atoms with Gasteiger partial charge in [-0.1, -0.05) is 25.1 Å². The Labute approximate surface area is 109 Å². The fraction of sp³-hybridized carbons (Fsp3) is 0.385. The smallest absolute Gasteiger partial charge is 0.0360 e. The van der Waals surface area contributed by atoms with E-state index < -0.39 is 10.8 Å². The van der Waals surface area contributed by atoms with E-state index in [4.69, 9.17) is 0 Å². The van der Waals surface area contributed by atoms with Crippen molar-refractivity contribution in [2.75, 3.05) is 18.1 Å². The molecule has 4 heteroatoms. The summed E-state index contributed by atoms with van der Waals surface area (Å²) in [5.41, 5.74) is 1.34. The Morgan fingerprint density at radius 1 is 1.35 bits per heavy atom. The van der Waals surface area contributed by atoms with Crippen LogP contribution in [0.4, 0.5) is 0 Å². The SMILES string of the molecule is CCS(=O)CCNCc1csc2ccccc12.